The van der Waals surface area contributed by atoms with Crippen LogP contribution in [-0.2, 0) is 13.6 Å². The van der Waals surface area contributed by atoms with Gasteiger partial charge in [0.1, 0.15) is 0 Å². The molecule has 0 aliphatic heterocycles. The Morgan fingerprint density at radius 3 is 3.07 bits per heavy atom. The van der Waals surface area contributed by atoms with Gasteiger partial charge in [-0.15, -0.1) is 0 Å². The van der Waals surface area contributed by atoms with Crippen LogP contribution < -0.4 is 5.32 Å². The molecule has 1 saturated carbocycles. The fraction of sp³-hybridized carbons (Fsp3) is 0.700. The molecular formula is C10H17N3O. The second kappa shape index (κ2) is 4.11. The molecule has 0 radical (unpaired) electrons. The summed E-state index contributed by atoms with van der Waals surface area (Å²) in [5.74, 6) is 0. The summed E-state index contributed by atoms with van der Waals surface area (Å²) in [6.07, 6.45) is 4.78. The van der Waals surface area contributed by atoms with Gasteiger partial charge in [0.25, 0.3) is 0 Å². The lowest BCUT2D eigenvalue weighted by Gasteiger charge is -2.16. The predicted octanol–water partition coefficient (Wildman–Crippen LogP) is 0.423. The lowest BCUT2D eigenvalue weighted by Crippen LogP contribution is -2.35. The van der Waals surface area contributed by atoms with E-state index >= 15 is 0 Å². The maximum atomic E-state index is 9.60. The van der Waals surface area contributed by atoms with Crippen LogP contribution in [0.5, 0.6) is 0 Å². The number of rotatable bonds is 3. The summed E-state index contributed by atoms with van der Waals surface area (Å²) in [6, 6.07) is 2.26. The van der Waals surface area contributed by atoms with Crippen LogP contribution in [0.2, 0.25) is 0 Å². The highest BCUT2D eigenvalue weighted by molar-refractivity contribution is 5.00. The molecular weight excluding hydrogens is 178 g/mol. The zero-order chi connectivity index (χ0) is 9.97. The lowest BCUT2D eigenvalue weighted by atomic mass is 10.2. The highest BCUT2D eigenvalue weighted by Gasteiger charge is 2.24. The van der Waals surface area contributed by atoms with Crippen molar-refractivity contribution < 1.29 is 5.11 Å². The molecule has 0 amide bonds. The Hall–Kier alpha value is -0.870. The third-order valence-corrected chi connectivity index (χ3v) is 2.95. The SMILES string of the molecule is Cn1nccc1CNC1CCCC1O. The molecule has 0 bridgehead atoms. The summed E-state index contributed by atoms with van der Waals surface area (Å²) in [7, 11) is 1.93. The molecule has 0 saturated heterocycles. The van der Waals surface area contributed by atoms with E-state index in [0.717, 1.165) is 31.5 Å². The molecule has 2 rings (SSSR count). The van der Waals surface area contributed by atoms with Gasteiger partial charge in [0.15, 0.2) is 0 Å². The number of aliphatic hydroxyl groups is 1. The van der Waals surface area contributed by atoms with Crippen LogP contribution in [-0.4, -0.2) is 27.0 Å². The Kier molecular flexibility index (Phi) is 2.84. The molecule has 1 aliphatic rings. The van der Waals surface area contributed by atoms with Gasteiger partial charge < -0.3 is 10.4 Å². The summed E-state index contributed by atoms with van der Waals surface area (Å²) < 4.78 is 1.86. The Bertz CT molecular complexity index is 297. The van der Waals surface area contributed by atoms with Crippen molar-refractivity contribution in [1.82, 2.24) is 15.1 Å². The van der Waals surface area contributed by atoms with Crippen molar-refractivity contribution in [3.05, 3.63) is 18.0 Å². The summed E-state index contributed by atoms with van der Waals surface area (Å²) >= 11 is 0. The molecule has 2 atom stereocenters. The minimum atomic E-state index is -0.164. The largest absolute Gasteiger partial charge is 0.392 e. The first kappa shape index (κ1) is 9.68. The fourth-order valence-electron chi connectivity index (χ4n) is 1.99. The third kappa shape index (κ3) is 1.96. The number of nitrogens with zero attached hydrogens (tertiary/aromatic N) is 2. The first-order valence-electron chi connectivity index (χ1n) is 5.15. The van der Waals surface area contributed by atoms with Crippen LogP contribution >= 0.6 is 0 Å². The van der Waals surface area contributed by atoms with Gasteiger partial charge in [-0.3, -0.25) is 4.68 Å². The van der Waals surface area contributed by atoms with Gasteiger partial charge in [-0.05, 0) is 25.3 Å². The summed E-state index contributed by atoms with van der Waals surface area (Å²) in [6.45, 7) is 0.790. The van der Waals surface area contributed by atoms with E-state index in [-0.39, 0.29) is 12.1 Å². The molecule has 14 heavy (non-hydrogen) atoms. The van der Waals surface area contributed by atoms with E-state index < -0.39 is 0 Å². The molecule has 0 spiro atoms. The van der Waals surface area contributed by atoms with Crippen LogP contribution in [0.4, 0.5) is 0 Å². The van der Waals surface area contributed by atoms with Gasteiger partial charge in [0.05, 0.1) is 11.8 Å². The maximum Gasteiger partial charge on any atom is 0.0693 e. The summed E-state index contributed by atoms with van der Waals surface area (Å²) in [5.41, 5.74) is 1.16. The van der Waals surface area contributed by atoms with E-state index in [9.17, 15) is 5.11 Å². The van der Waals surface area contributed by atoms with E-state index in [1.54, 1.807) is 6.20 Å². The molecule has 2 N–H and O–H groups in total. The highest BCUT2D eigenvalue weighted by Crippen LogP contribution is 2.18. The van der Waals surface area contributed by atoms with Gasteiger partial charge in [0, 0.05) is 25.8 Å². The summed E-state index contributed by atoms with van der Waals surface area (Å²) in [4.78, 5) is 0. The molecule has 1 aliphatic carbocycles. The van der Waals surface area contributed by atoms with E-state index in [4.69, 9.17) is 0 Å². The van der Waals surface area contributed by atoms with Crippen molar-refractivity contribution in [1.29, 1.82) is 0 Å². The maximum absolute atomic E-state index is 9.60. The third-order valence-electron chi connectivity index (χ3n) is 2.95. The smallest absolute Gasteiger partial charge is 0.0693 e. The van der Waals surface area contributed by atoms with E-state index in [1.807, 2.05) is 17.8 Å². The standard InChI is InChI=1S/C10H17N3O/c1-13-8(5-6-12-13)7-11-9-3-2-4-10(9)14/h5-6,9-11,14H,2-4,7H2,1H3. The lowest BCUT2D eigenvalue weighted by molar-refractivity contribution is 0.148. The minimum absolute atomic E-state index is 0.164. The van der Waals surface area contributed by atoms with E-state index in [1.165, 1.54) is 0 Å². The van der Waals surface area contributed by atoms with Gasteiger partial charge >= 0.3 is 0 Å². The first-order chi connectivity index (χ1) is 6.77. The predicted molar refractivity (Wildman–Crippen MR) is 53.7 cm³/mol. The van der Waals surface area contributed by atoms with Crippen molar-refractivity contribution in [3.8, 4) is 0 Å². The molecule has 1 heterocycles. The van der Waals surface area contributed by atoms with Crippen LogP contribution in [0.3, 0.4) is 0 Å². The number of hydrogen-bond donors (Lipinski definition) is 2. The second-order valence-corrected chi connectivity index (χ2v) is 3.93. The number of hydrogen-bond acceptors (Lipinski definition) is 3. The zero-order valence-electron chi connectivity index (χ0n) is 8.48. The Morgan fingerprint density at radius 1 is 1.64 bits per heavy atom. The molecule has 1 fully saturated rings. The van der Waals surface area contributed by atoms with E-state index in [0.29, 0.717) is 0 Å². The molecule has 0 aromatic carbocycles. The first-order valence-corrected chi connectivity index (χ1v) is 5.15. The van der Waals surface area contributed by atoms with Crippen LogP contribution in [0.15, 0.2) is 12.3 Å². The second-order valence-electron chi connectivity index (χ2n) is 3.93. The fourth-order valence-corrected chi connectivity index (χ4v) is 1.99. The topological polar surface area (TPSA) is 50.1 Å². The normalized spacial score (nSPS) is 27.0. The van der Waals surface area contributed by atoms with Gasteiger partial charge in [-0.1, -0.05) is 0 Å². The molecule has 1 aromatic rings. The van der Waals surface area contributed by atoms with Crippen molar-refractivity contribution in [3.63, 3.8) is 0 Å². The van der Waals surface area contributed by atoms with Crippen molar-refractivity contribution >= 4 is 0 Å². The monoisotopic (exact) mass is 195 g/mol. The number of nitrogens with one attached hydrogen (secondary N) is 1. The Morgan fingerprint density at radius 2 is 2.50 bits per heavy atom. The van der Waals surface area contributed by atoms with E-state index in [2.05, 4.69) is 10.4 Å². The Labute approximate surface area is 83.9 Å². The molecule has 4 heteroatoms. The summed E-state index contributed by atoms with van der Waals surface area (Å²) in [5, 5.41) is 17.1. The number of aromatic nitrogens is 2. The highest BCUT2D eigenvalue weighted by atomic mass is 16.3. The van der Waals surface area contributed by atoms with Crippen molar-refractivity contribution in [2.45, 2.75) is 38.0 Å². The van der Waals surface area contributed by atoms with Crippen molar-refractivity contribution in [2.24, 2.45) is 7.05 Å². The van der Waals surface area contributed by atoms with Crippen LogP contribution in [0.25, 0.3) is 0 Å². The average molecular weight is 195 g/mol. The number of aryl methyl sites for hydroxylation is 1. The Balaban J connectivity index is 1.85. The minimum Gasteiger partial charge on any atom is -0.392 e. The average Bonchev–Trinajstić information content (AvgIpc) is 2.72. The molecule has 78 valence electrons. The number of aliphatic hydroxyl groups excluding tert-OH is 1. The molecule has 4 nitrogen and oxygen atoms in total. The zero-order valence-corrected chi connectivity index (χ0v) is 8.48. The van der Waals surface area contributed by atoms with Crippen molar-refractivity contribution in [2.75, 3.05) is 0 Å². The van der Waals surface area contributed by atoms with Gasteiger partial charge in [-0.2, -0.15) is 5.10 Å². The quantitative estimate of drug-likeness (QED) is 0.735. The van der Waals surface area contributed by atoms with Crippen LogP contribution in [0.1, 0.15) is 25.0 Å². The molecule has 2 unspecified atom stereocenters. The van der Waals surface area contributed by atoms with Gasteiger partial charge in [-0.25, -0.2) is 0 Å². The van der Waals surface area contributed by atoms with Gasteiger partial charge in [0.2, 0.25) is 0 Å². The van der Waals surface area contributed by atoms with Crippen LogP contribution in [0, 0.1) is 0 Å². The molecule has 1 aromatic heterocycles.